The molecular formula is C13H20N2O4. The molecule has 0 amide bonds. The van der Waals surface area contributed by atoms with Gasteiger partial charge in [0.1, 0.15) is 5.82 Å². The van der Waals surface area contributed by atoms with Crippen LogP contribution in [0.25, 0.3) is 0 Å². The van der Waals surface area contributed by atoms with E-state index in [1.54, 1.807) is 6.07 Å². The number of nitrogens with zero attached hydrogens (tertiary/aromatic N) is 1. The predicted octanol–water partition coefficient (Wildman–Crippen LogP) is 1.15. The van der Waals surface area contributed by atoms with Gasteiger partial charge in [-0.3, -0.25) is 0 Å². The number of aromatic nitrogens is 1. The van der Waals surface area contributed by atoms with E-state index in [4.69, 9.17) is 14.9 Å². The van der Waals surface area contributed by atoms with E-state index in [0.717, 1.165) is 12.1 Å². The summed E-state index contributed by atoms with van der Waals surface area (Å²) in [7, 11) is 0. The van der Waals surface area contributed by atoms with Crippen molar-refractivity contribution in [3.8, 4) is 0 Å². The molecule has 0 saturated carbocycles. The monoisotopic (exact) mass is 268 g/mol. The van der Waals surface area contributed by atoms with Crippen molar-refractivity contribution in [2.75, 3.05) is 31.7 Å². The van der Waals surface area contributed by atoms with Crippen molar-refractivity contribution < 1.29 is 19.7 Å². The molecule has 1 aromatic rings. The number of ether oxygens (including phenoxy) is 1. The zero-order valence-electron chi connectivity index (χ0n) is 11.1. The minimum Gasteiger partial charge on any atom is -0.478 e. The van der Waals surface area contributed by atoms with Crippen molar-refractivity contribution in [1.82, 2.24) is 4.98 Å². The molecule has 0 saturated heterocycles. The van der Waals surface area contributed by atoms with E-state index >= 15 is 0 Å². The lowest BCUT2D eigenvalue weighted by Crippen LogP contribution is -2.10. The molecule has 1 heterocycles. The van der Waals surface area contributed by atoms with Gasteiger partial charge >= 0.3 is 5.97 Å². The summed E-state index contributed by atoms with van der Waals surface area (Å²) in [5, 5.41) is 20.6. The molecule has 0 aliphatic heterocycles. The Balaban J connectivity index is 2.48. The Labute approximate surface area is 112 Å². The lowest BCUT2D eigenvalue weighted by Gasteiger charge is -2.08. The van der Waals surface area contributed by atoms with Crippen LogP contribution >= 0.6 is 0 Å². The first-order valence-corrected chi connectivity index (χ1v) is 6.34. The summed E-state index contributed by atoms with van der Waals surface area (Å²) in [6, 6.07) is 3.11. The number of aliphatic hydroxyl groups is 1. The topological polar surface area (TPSA) is 91.7 Å². The summed E-state index contributed by atoms with van der Waals surface area (Å²) >= 11 is 0. The van der Waals surface area contributed by atoms with Gasteiger partial charge in [0.2, 0.25) is 0 Å². The van der Waals surface area contributed by atoms with E-state index in [9.17, 15) is 4.79 Å². The first-order chi connectivity index (χ1) is 9.17. The molecule has 1 rings (SSSR count). The van der Waals surface area contributed by atoms with E-state index in [0.29, 0.717) is 32.0 Å². The number of aromatic carboxylic acids is 1. The molecule has 0 aromatic carbocycles. The number of hydrogen-bond acceptors (Lipinski definition) is 5. The number of carboxylic acid groups (broad SMARTS) is 1. The molecule has 0 aliphatic carbocycles. The number of carboxylic acids is 1. The van der Waals surface area contributed by atoms with Gasteiger partial charge in [0.15, 0.2) is 0 Å². The van der Waals surface area contributed by atoms with Crippen molar-refractivity contribution in [2.24, 2.45) is 0 Å². The quantitative estimate of drug-likeness (QED) is 0.582. The predicted molar refractivity (Wildman–Crippen MR) is 71.6 cm³/mol. The first-order valence-electron chi connectivity index (χ1n) is 6.34. The van der Waals surface area contributed by atoms with Crippen molar-refractivity contribution in [1.29, 1.82) is 0 Å². The SMILES string of the molecule is CCc1cc(C(=O)O)cc(NCCCOCCO)n1. The second kappa shape index (κ2) is 8.44. The van der Waals surface area contributed by atoms with Gasteiger partial charge in [0.25, 0.3) is 0 Å². The number of anilines is 1. The summed E-state index contributed by atoms with van der Waals surface area (Å²) < 4.78 is 5.12. The van der Waals surface area contributed by atoms with Crippen LogP contribution in [0.15, 0.2) is 12.1 Å². The normalized spacial score (nSPS) is 10.4. The van der Waals surface area contributed by atoms with E-state index in [1.165, 1.54) is 6.07 Å². The van der Waals surface area contributed by atoms with E-state index in [1.807, 2.05) is 6.92 Å². The molecule has 0 unspecified atom stereocenters. The van der Waals surface area contributed by atoms with Crippen LogP contribution < -0.4 is 5.32 Å². The third-order valence-electron chi connectivity index (χ3n) is 2.49. The summed E-state index contributed by atoms with van der Waals surface area (Å²) in [5.74, 6) is -0.384. The highest BCUT2D eigenvalue weighted by atomic mass is 16.5. The van der Waals surface area contributed by atoms with Crippen molar-refractivity contribution in [3.05, 3.63) is 23.4 Å². The van der Waals surface area contributed by atoms with Gasteiger partial charge in [-0.1, -0.05) is 6.92 Å². The number of carbonyl (C=O) groups is 1. The highest BCUT2D eigenvalue weighted by molar-refractivity contribution is 5.88. The second-order valence-electron chi connectivity index (χ2n) is 4.01. The Hall–Kier alpha value is -1.66. The van der Waals surface area contributed by atoms with Crippen molar-refractivity contribution >= 4 is 11.8 Å². The third-order valence-corrected chi connectivity index (χ3v) is 2.49. The molecule has 0 aliphatic rings. The van der Waals surface area contributed by atoms with Crippen LogP contribution in [0.3, 0.4) is 0 Å². The van der Waals surface area contributed by atoms with E-state index in [2.05, 4.69) is 10.3 Å². The minimum absolute atomic E-state index is 0.0233. The maximum atomic E-state index is 11.0. The number of rotatable bonds is 9. The standard InChI is InChI=1S/C13H20N2O4/c1-2-11-8-10(13(17)18)9-12(15-11)14-4-3-6-19-7-5-16/h8-9,16H,2-7H2,1H3,(H,14,15)(H,17,18). The summed E-state index contributed by atoms with van der Waals surface area (Å²) in [6.07, 6.45) is 1.45. The largest absolute Gasteiger partial charge is 0.478 e. The summed E-state index contributed by atoms with van der Waals surface area (Å²) in [4.78, 5) is 15.3. The number of aliphatic hydroxyl groups excluding tert-OH is 1. The lowest BCUT2D eigenvalue weighted by molar-refractivity contribution is 0.0696. The Bertz CT molecular complexity index is 410. The Morgan fingerprint density at radius 3 is 2.84 bits per heavy atom. The molecule has 0 spiro atoms. The average molecular weight is 268 g/mol. The molecule has 0 radical (unpaired) electrons. The maximum absolute atomic E-state index is 11.0. The van der Waals surface area contributed by atoms with Crippen molar-refractivity contribution in [2.45, 2.75) is 19.8 Å². The maximum Gasteiger partial charge on any atom is 0.335 e. The molecular weight excluding hydrogens is 248 g/mol. The fourth-order valence-corrected chi connectivity index (χ4v) is 1.54. The van der Waals surface area contributed by atoms with E-state index < -0.39 is 5.97 Å². The minimum atomic E-state index is -0.952. The highest BCUT2D eigenvalue weighted by Crippen LogP contribution is 2.11. The molecule has 0 fully saturated rings. The Kier molecular flexibility index (Phi) is 6.84. The van der Waals surface area contributed by atoms with Gasteiger partial charge in [-0.05, 0) is 25.0 Å². The van der Waals surface area contributed by atoms with E-state index in [-0.39, 0.29) is 12.2 Å². The van der Waals surface area contributed by atoms with Crippen LogP contribution in [0.4, 0.5) is 5.82 Å². The highest BCUT2D eigenvalue weighted by Gasteiger charge is 2.07. The average Bonchev–Trinajstić information content (AvgIpc) is 2.42. The zero-order chi connectivity index (χ0) is 14.1. The van der Waals surface area contributed by atoms with Gasteiger partial charge in [0, 0.05) is 18.8 Å². The Morgan fingerprint density at radius 1 is 1.42 bits per heavy atom. The number of pyridine rings is 1. The van der Waals surface area contributed by atoms with Gasteiger partial charge in [-0.25, -0.2) is 9.78 Å². The molecule has 106 valence electrons. The van der Waals surface area contributed by atoms with Gasteiger partial charge in [0.05, 0.1) is 18.8 Å². The Morgan fingerprint density at radius 2 is 2.21 bits per heavy atom. The second-order valence-corrected chi connectivity index (χ2v) is 4.01. The van der Waals surface area contributed by atoms with Gasteiger partial charge in [-0.15, -0.1) is 0 Å². The molecule has 0 atom stereocenters. The fourth-order valence-electron chi connectivity index (χ4n) is 1.54. The fraction of sp³-hybridized carbons (Fsp3) is 0.538. The molecule has 0 bridgehead atoms. The van der Waals surface area contributed by atoms with Crippen LogP contribution in [-0.2, 0) is 11.2 Å². The third kappa shape index (κ3) is 5.67. The van der Waals surface area contributed by atoms with Gasteiger partial charge < -0.3 is 20.3 Å². The first kappa shape index (κ1) is 15.4. The molecule has 1 aromatic heterocycles. The lowest BCUT2D eigenvalue weighted by atomic mass is 10.2. The van der Waals surface area contributed by atoms with Crippen LogP contribution in [-0.4, -0.2) is 47.5 Å². The molecule has 6 nitrogen and oxygen atoms in total. The summed E-state index contributed by atoms with van der Waals surface area (Å²) in [6.45, 7) is 3.49. The molecule has 19 heavy (non-hydrogen) atoms. The summed E-state index contributed by atoms with van der Waals surface area (Å²) in [5.41, 5.74) is 0.991. The van der Waals surface area contributed by atoms with Gasteiger partial charge in [-0.2, -0.15) is 0 Å². The van der Waals surface area contributed by atoms with Crippen molar-refractivity contribution in [3.63, 3.8) is 0 Å². The van der Waals surface area contributed by atoms with Crippen LogP contribution in [0.5, 0.6) is 0 Å². The van der Waals surface area contributed by atoms with Crippen LogP contribution in [0.2, 0.25) is 0 Å². The van der Waals surface area contributed by atoms with Crippen LogP contribution in [0.1, 0.15) is 29.4 Å². The number of nitrogens with one attached hydrogen (secondary N) is 1. The molecule has 6 heteroatoms. The molecule has 3 N–H and O–H groups in total. The number of hydrogen-bond donors (Lipinski definition) is 3. The zero-order valence-corrected chi connectivity index (χ0v) is 11.1. The van der Waals surface area contributed by atoms with Crippen LogP contribution in [0, 0.1) is 0 Å². The smallest absolute Gasteiger partial charge is 0.335 e. The number of aryl methyl sites for hydroxylation is 1.